The lowest BCUT2D eigenvalue weighted by Gasteiger charge is -2.13. The van der Waals surface area contributed by atoms with Gasteiger partial charge in [0.25, 0.3) is 5.91 Å². The van der Waals surface area contributed by atoms with Crippen molar-refractivity contribution in [3.8, 4) is 22.8 Å². The number of nitrogens with one attached hydrogen (secondary N) is 1. The largest absolute Gasteiger partial charge is 0.497 e. The molecular weight excluding hydrogens is 474 g/mol. The Morgan fingerprint density at radius 2 is 1.68 bits per heavy atom. The second kappa shape index (κ2) is 11.0. The number of hydrogen-bond acceptors (Lipinski definition) is 7. The lowest BCUT2D eigenvalue weighted by atomic mass is 10.1. The van der Waals surface area contributed by atoms with Crippen molar-refractivity contribution in [2.45, 2.75) is 20.8 Å². The van der Waals surface area contributed by atoms with Gasteiger partial charge in [-0.1, -0.05) is 6.07 Å². The smallest absolute Gasteiger partial charge is 0.338 e. The Hall–Kier alpha value is -4.59. The van der Waals surface area contributed by atoms with Crippen LogP contribution in [0.1, 0.15) is 28.4 Å². The maximum absolute atomic E-state index is 13.5. The van der Waals surface area contributed by atoms with E-state index >= 15 is 0 Å². The molecule has 0 radical (unpaired) electrons. The van der Waals surface area contributed by atoms with Crippen LogP contribution in [-0.2, 0) is 9.53 Å². The molecule has 4 rings (SSSR count). The van der Waals surface area contributed by atoms with E-state index in [1.807, 2.05) is 19.9 Å². The molecule has 37 heavy (non-hydrogen) atoms. The Bertz CT molecular complexity index is 1500. The van der Waals surface area contributed by atoms with Gasteiger partial charge in [0.1, 0.15) is 11.3 Å². The van der Waals surface area contributed by atoms with E-state index in [0.717, 1.165) is 11.1 Å². The van der Waals surface area contributed by atoms with Crippen molar-refractivity contribution < 1.29 is 28.2 Å². The van der Waals surface area contributed by atoms with Crippen LogP contribution in [0.3, 0.4) is 0 Å². The first kappa shape index (κ1) is 25.5. The molecular formula is C29H27NO7. The lowest BCUT2D eigenvalue weighted by Crippen LogP contribution is -2.22. The molecule has 1 N–H and O–H groups in total. The molecule has 0 unspecified atom stereocenters. The number of fused-ring (bicyclic) bond motifs is 1. The summed E-state index contributed by atoms with van der Waals surface area (Å²) in [6.45, 7) is 5.34. The minimum Gasteiger partial charge on any atom is -0.497 e. The molecule has 0 bridgehead atoms. The third-order valence-corrected chi connectivity index (χ3v) is 5.66. The van der Waals surface area contributed by atoms with Crippen LogP contribution in [0.25, 0.3) is 22.3 Å². The fraction of sp³-hybridized carbons (Fsp3) is 0.207. The minimum absolute atomic E-state index is 0.0597. The van der Waals surface area contributed by atoms with Gasteiger partial charge in [0, 0.05) is 11.3 Å². The van der Waals surface area contributed by atoms with Gasteiger partial charge < -0.3 is 23.9 Å². The molecule has 0 saturated carbocycles. The van der Waals surface area contributed by atoms with E-state index in [2.05, 4.69) is 5.32 Å². The molecule has 8 heteroatoms. The van der Waals surface area contributed by atoms with Crippen LogP contribution in [0, 0.1) is 13.8 Å². The van der Waals surface area contributed by atoms with Crippen LogP contribution in [0.15, 0.2) is 69.9 Å². The van der Waals surface area contributed by atoms with Gasteiger partial charge in [-0.05, 0) is 86.5 Å². The second-order valence-electron chi connectivity index (χ2n) is 8.41. The standard InChI is InChI=1S/C29H27NO7/c1-5-35-29(33)20-6-10-21(11-7-20)30-24(31)16-36-28-25(32)23-15-17(2)14-18(3)26(23)37-27(28)19-8-12-22(34-4)13-9-19/h6-15H,5,16H2,1-4H3,(H,30,31). The number of aryl methyl sites for hydroxylation is 2. The van der Waals surface area contributed by atoms with E-state index in [0.29, 0.717) is 33.5 Å². The number of amides is 1. The van der Waals surface area contributed by atoms with Crippen molar-refractivity contribution in [1.82, 2.24) is 0 Å². The first-order chi connectivity index (χ1) is 17.8. The van der Waals surface area contributed by atoms with E-state index in [1.54, 1.807) is 68.6 Å². The zero-order valence-electron chi connectivity index (χ0n) is 21.0. The summed E-state index contributed by atoms with van der Waals surface area (Å²) in [4.78, 5) is 37.9. The summed E-state index contributed by atoms with van der Waals surface area (Å²) in [5.41, 5.74) is 3.25. The maximum Gasteiger partial charge on any atom is 0.338 e. The maximum atomic E-state index is 13.5. The van der Waals surface area contributed by atoms with Crippen molar-refractivity contribution in [1.29, 1.82) is 0 Å². The molecule has 190 valence electrons. The highest BCUT2D eigenvalue weighted by Crippen LogP contribution is 2.33. The molecule has 1 heterocycles. The Labute approximate surface area is 213 Å². The van der Waals surface area contributed by atoms with Crippen LogP contribution in [0.4, 0.5) is 5.69 Å². The van der Waals surface area contributed by atoms with Crippen molar-refractivity contribution in [3.63, 3.8) is 0 Å². The molecule has 0 saturated heterocycles. The number of hydrogen-bond donors (Lipinski definition) is 1. The summed E-state index contributed by atoms with van der Waals surface area (Å²) >= 11 is 0. The van der Waals surface area contributed by atoms with Crippen molar-refractivity contribution in [2.24, 2.45) is 0 Å². The van der Waals surface area contributed by atoms with E-state index in [1.165, 1.54) is 0 Å². The summed E-state index contributed by atoms with van der Waals surface area (Å²) in [5.74, 6) is -0.114. The number of benzene rings is 3. The minimum atomic E-state index is -0.482. The van der Waals surface area contributed by atoms with Crippen LogP contribution < -0.4 is 20.2 Å². The number of rotatable bonds is 8. The molecule has 1 amide bonds. The van der Waals surface area contributed by atoms with Gasteiger partial charge >= 0.3 is 5.97 Å². The van der Waals surface area contributed by atoms with Gasteiger partial charge in [-0.25, -0.2) is 4.79 Å². The van der Waals surface area contributed by atoms with Gasteiger partial charge in [-0.2, -0.15) is 0 Å². The zero-order valence-corrected chi connectivity index (χ0v) is 21.0. The summed E-state index contributed by atoms with van der Waals surface area (Å²) in [6, 6.07) is 17.0. The third kappa shape index (κ3) is 5.64. The highest BCUT2D eigenvalue weighted by atomic mass is 16.5. The van der Waals surface area contributed by atoms with Crippen molar-refractivity contribution in [3.05, 3.63) is 87.6 Å². The molecule has 0 spiro atoms. The van der Waals surface area contributed by atoms with Crippen LogP contribution >= 0.6 is 0 Å². The SMILES string of the molecule is CCOC(=O)c1ccc(NC(=O)COc2c(-c3ccc(OC)cc3)oc3c(C)cc(C)cc3c2=O)cc1. The molecule has 4 aromatic rings. The van der Waals surface area contributed by atoms with Crippen molar-refractivity contribution in [2.75, 3.05) is 25.6 Å². The van der Waals surface area contributed by atoms with Gasteiger partial charge in [-0.15, -0.1) is 0 Å². The quantitative estimate of drug-likeness (QED) is 0.328. The van der Waals surface area contributed by atoms with E-state index in [4.69, 9.17) is 18.6 Å². The van der Waals surface area contributed by atoms with Crippen molar-refractivity contribution >= 4 is 28.5 Å². The first-order valence-electron chi connectivity index (χ1n) is 11.7. The summed E-state index contributed by atoms with van der Waals surface area (Å²) in [6.07, 6.45) is 0. The normalized spacial score (nSPS) is 10.7. The fourth-order valence-corrected chi connectivity index (χ4v) is 3.93. The number of carbonyl (C=O) groups is 2. The first-order valence-corrected chi connectivity index (χ1v) is 11.7. The summed E-state index contributed by atoms with van der Waals surface area (Å²) in [5, 5.41) is 3.07. The third-order valence-electron chi connectivity index (χ3n) is 5.66. The zero-order chi connectivity index (χ0) is 26.5. The Morgan fingerprint density at radius 3 is 2.32 bits per heavy atom. The molecule has 3 aromatic carbocycles. The molecule has 0 fully saturated rings. The average molecular weight is 502 g/mol. The molecule has 0 aliphatic rings. The number of carbonyl (C=O) groups excluding carboxylic acids is 2. The predicted octanol–water partition coefficient (Wildman–Crippen LogP) is 5.28. The fourth-order valence-electron chi connectivity index (χ4n) is 3.93. The van der Waals surface area contributed by atoms with Crippen LogP contribution in [0.2, 0.25) is 0 Å². The van der Waals surface area contributed by atoms with E-state index < -0.39 is 18.5 Å². The Morgan fingerprint density at radius 1 is 0.973 bits per heavy atom. The molecule has 0 aliphatic carbocycles. The highest BCUT2D eigenvalue weighted by Gasteiger charge is 2.20. The number of esters is 1. The highest BCUT2D eigenvalue weighted by molar-refractivity contribution is 5.94. The Balaban J connectivity index is 1.62. The molecule has 8 nitrogen and oxygen atoms in total. The van der Waals surface area contributed by atoms with Crippen LogP contribution in [-0.4, -0.2) is 32.2 Å². The second-order valence-corrected chi connectivity index (χ2v) is 8.41. The van der Waals surface area contributed by atoms with Gasteiger partial charge in [0.05, 0.1) is 24.7 Å². The summed E-state index contributed by atoms with van der Waals surface area (Å²) in [7, 11) is 1.56. The summed E-state index contributed by atoms with van der Waals surface area (Å²) < 4.78 is 22.1. The topological polar surface area (TPSA) is 104 Å². The van der Waals surface area contributed by atoms with Crippen LogP contribution in [0.5, 0.6) is 11.5 Å². The monoisotopic (exact) mass is 501 g/mol. The van der Waals surface area contributed by atoms with Gasteiger partial charge in [-0.3, -0.25) is 9.59 Å². The average Bonchev–Trinajstić information content (AvgIpc) is 2.89. The van der Waals surface area contributed by atoms with E-state index in [-0.39, 0.29) is 23.5 Å². The number of methoxy groups -OCH3 is 1. The molecule has 0 aliphatic heterocycles. The molecule has 1 aromatic heterocycles. The molecule has 0 atom stereocenters. The predicted molar refractivity (Wildman–Crippen MR) is 140 cm³/mol. The lowest BCUT2D eigenvalue weighted by molar-refractivity contribution is -0.118. The van der Waals surface area contributed by atoms with Gasteiger partial charge in [0.2, 0.25) is 11.2 Å². The number of ether oxygens (including phenoxy) is 3. The number of anilines is 1. The van der Waals surface area contributed by atoms with E-state index in [9.17, 15) is 14.4 Å². The Kier molecular flexibility index (Phi) is 7.57. The van der Waals surface area contributed by atoms with Gasteiger partial charge in [0.15, 0.2) is 12.4 Å².